The molecule has 0 unspecified atom stereocenters. The Kier molecular flexibility index (Phi) is 22.4. The standard InChI is InChI=1S/C2H4.Fe.H2O/c1-2;;/h1H,2H3;;1H2. The summed E-state index contributed by atoms with van der Waals surface area (Å²) in [4.78, 5) is 1.75. The number of hydrogen-bond acceptors (Lipinski definition) is 0. The van der Waals surface area contributed by atoms with Gasteiger partial charge in [-0.05, 0) is 0 Å². The number of rotatable bonds is 0. The zero-order chi connectivity index (χ0) is 2.71. The average Bonchev–Trinajstić information content (AvgIpc) is 0.918. The predicted octanol–water partition coefficient (Wildman–Crippen LogP) is -0.469. The fourth-order valence-electron chi connectivity index (χ4n) is 0. The van der Waals surface area contributed by atoms with E-state index in [-0.39, 0.29) is 5.48 Å². The van der Waals surface area contributed by atoms with Crippen molar-refractivity contribution in [2.24, 2.45) is 0 Å². The Hall–Kier alpha value is 0.349. The van der Waals surface area contributed by atoms with Crippen LogP contribution < -0.4 is 0 Å². The molecule has 2 N–H and O–H groups in total. The molecule has 1 nitrogen and oxygen atoms in total. The minimum Gasteiger partial charge on any atom is -0.412 e. The van der Waals surface area contributed by atoms with Crippen molar-refractivity contribution in [3.05, 3.63) is 0 Å². The van der Waals surface area contributed by atoms with Gasteiger partial charge in [0, 0.05) is 0 Å². The summed E-state index contributed by atoms with van der Waals surface area (Å²) >= 11 is 3.36. The van der Waals surface area contributed by atoms with Crippen LogP contribution in [-0.4, -0.2) is 10.4 Å². The van der Waals surface area contributed by atoms with E-state index in [0.29, 0.717) is 0 Å². The third kappa shape index (κ3) is 35.0. The molecule has 28 valence electrons. The van der Waals surface area contributed by atoms with Crippen LogP contribution in [0, 0.1) is 0 Å². The second-order valence-electron chi connectivity index (χ2n) is 0.204. The zero-order valence-corrected chi connectivity index (χ0v) is 3.54. The fraction of sp³-hybridized carbons (Fsp3) is 0.500. The molecule has 0 aromatic carbocycles. The van der Waals surface area contributed by atoms with Crippen LogP contribution in [0.4, 0.5) is 0 Å². The van der Waals surface area contributed by atoms with Crippen LogP contribution in [0.5, 0.6) is 0 Å². The third-order valence-corrected chi connectivity index (χ3v) is 0. The van der Waals surface area contributed by atoms with Gasteiger partial charge < -0.3 is 5.48 Å². The van der Waals surface area contributed by atoms with E-state index in [4.69, 9.17) is 0 Å². The predicted molar refractivity (Wildman–Crippen MR) is 15.4 cm³/mol. The average molecular weight is 102 g/mol. The van der Waals surface area contributed by atoms with E-state index in [1.165, 1.54) is 0 Å². The van der Waals surface area contributed by atoms with E-state index < -0.39 is 0 Å². The summed E-state index contributed by atoms with van der Waals surface area (Å²) in [6.45, 7) is 1.89. The number of hydrogen-bond donors (Lipinski definition) is 0. The molecule has 0 saturated heterocycles. The molecule has 0 saturated carbocycles. The maximum atomic E-state index is 3.36. The van der Waals surface area contributed by atoms with Crippen molar-refractivity contribution < 1.29 is 21.1 Å². The summed E-state index contributed by atoms with van der Waals surface area (Å²) in [5, 5.41) is 0. The first-order valence-electron chi connectivity index (χ1n) is 0.781. The van der Waals surface area contributed by atoms with E-state index in [1.54, 1.807) is 4.92 Å². The Morgan fingerprint density at radius 2 is 1.75 bits per heavy atom. The molecule has 0 spiro atoms. The molecule has 0 rings (SSSR count). The van der Waals surface area contributed by atoms with Crippen LogP contribution in [0.1, 0.15) is 6.92 Å². The summed E-state index contributed by atoms with van der Waals surface area (Å²) in [6, 6.07) is 0. The topological polar surface area (TPSA) is 31.5 Å². The maximum absolute atomic E-state index is 3.36. The first kappa shape index (κ1) is 8.84. The molecule has 0 bridgehead atoms. The van der Waals surface area contributed by atoms with Gasteiger partial charge in [0.15, 0.2) is 0 Å². The normalized spacial score (nSPS) is 3.50. The zero-order valence-electron chi connectivity index (χ0n) is 2.43. The van der Waals surface area contributed by atoms with Crippen molar-refractivity contribution in [3.8, 4) is 0 Å². The second-order valence-corrected chi connectivity index (χ2v) is 0.842. The Balaban J connectivity index is 0. The summed E-state index contributed by atoms with van der Waals surface area (Å²) < 4.78 is 0. The molecule has 0 aromatic rings. The summed E-state index contributed by atoms with van der Waals surface area (Å²) in [5.41, 5.74) is 0. The summed E-state index contributed by atoms with van der Waals surface area (Å²) in [6.07, 6.45) is 0. The fourth-order valence-corrected chi connectivity index (χ4v) is 0. The van der Waals surface area contributed by atoms with Gasteiger partial charge >= 0.3 is 27.4 Å². The molecule has 0 amide bonds. The van der Waals surface area contributed by atoms with Crippen molar-refractivity contribution >= 4 is 4.92 Å². The SMILES string of the molecule is C[CH]=[Fe].O. The molecule has 4 heavy (non-hydrogen) atoms. The first-order chi connectivity index (χ1) is 1.41. The van der Waals surface area contributed by atoms with Crippen molar-refractivity contribution in [2.45, 2.75) is 6.92 Å². The smallest absolute Gasteiger partial charge is 0.412 e. The third-order valence-electron chi connectivity index (χ3n) is 0. The van der Waals surface area contributed by atoms with Crippen LogP contribution in [0.25, 0.3) is 0 Å². The van der Waals surface area contributed by atoms with Crippen molar-refractivity contribution in [3.63, 3.8) is 0 Å². The Labute approximate surface area is 33.7 Å². The van der Waals surface area contributed by atoms with Gasteiger partial charge in [0.1, 0.15) is 0 Å². The van der Waals surface area contributed by atoms with Gasteiger partial charge in [-0.1, -0.05) is 0 Å². The quantitative estimate of drug-likeness (QED) is 0.370. The van der Waals surface area contributed by atoms with Gasteiger partial charge in [-0.25, -0.2) is 0 Å². The Morgan fingerprint density at radius 3 is 1.75 bits per heavy atom. The molecule has 0 aliphatic heterocycles. The second kappa shape index (κ2) is 10.2. The Bertz CT molecular complexity index is 13.5. The van der Waals surface area contributed by atoms with Gasteiger partial charge in [-0.15, -0.1) is 0 Å². The van der Waals surface area contributed by atoms with Gasteiger partial charge in [-0.2, -0.15) is 0 Å². The van der Waals surface area contributed by atoms with Crippen LogP contribution >= 0.6 is 0 Å². The maximum Gasteiger partial charge on any atom is -0.412 e. The Morgan fingerprint density at radius 1 is 1.75 bits per heavy atom. The molecule has 0 aliphatic rings. The van der Waals surface area contributed by atoms with Crippen molar-refractivity contribution in [1.29, 1.82) is 0 Å². The van der Waals surface area contributed by atoms with Crippen molar-refractivity contribution in [1.82, 2.24) is 0 Å². The van der Waals surface area contributed by atoms with E-state index in [1.807, 2.05) is 6.92 Å². The molecule has 0 heterocycles. The molecule has 0 atom stereocenters. The molecule has 0 aliphatic carbocycles. The van der Waals surface area contributed by atoms with E-state index in [0.717, 1.165) is 0 Å². The minimum atomic E-state index is 0. The summed E-state index contributed by atoms with van der Waals surface area (Å²) in [5.74, 6) is 0. The molecular weight excluding hydrogens is 95.9 g/mol. The van der Waals surface area contributed by atoms with Crippen molar-refractivity contribution in [2.75, 3.05) is 0 Å². The minimum absolute atomic E-state index is 0. The summed E-state index contributed by atoms with van der Waals surface area (Å²) in [7, 11) is 0. The molecule has 0 radical (unpaired) electrons. The van der Waals surface area contributed by atoms with E-state index in [9.17, 15) is 0 Å². The largest absolute Gasteiger partial charge is 0.412 e. The van der Waals surface area contributed by atoms with Gasteiger partial charge in [0.05, 0.1) is 0 Å². The molecular formula is C2H6FeO. The monoisotopic (exact) mass is 102 g/mol. The van der Waals surface area contributed by atoms with Gasteiger partial charge in [-0.3, -0.25) is 0 Å². The van der Waals surface area contributed by atoms with Crippen LogP contribution in [-0.2, 0) is 15.6 Å². The van der Waals surface area contributed by atoms with E-state index in [2.05, 4.69) is 15.6 Å². The van der Waals surface area contributed by atoms with E-state index >= 15 is 0 Å². The molecule has 0 fully saturated rings. The van der Waals surface area contributed by atoms with Crippen LogP contribution in [0.2, 0.25) is 0 Å². The van der Waals surface area contributed by atoms with Gasteiger partial charge in [0.25, 0.3) is 0 Å². The van der Waals surface area contributed by atoms with Gasteiger partial charge in [0.2, 0.25) is 0 Å². The van der Waals surface area contributed by atoms with Crippen LogP contribution in [0.3, 0.4) is 0 Å². The van der Waals surface area contributed by atoms with Crippen LogP contribution in [0.15, 0.2) is 0 Å². The molecule has 2 heteroatoms. The molecule has 0 aromatic heterocycles. The first-order valence-corrected chi connectivity index (χ1v) is 1.42.